The molecule has 0 aromatic rings. The van der Waals surface area contributed by atoms with Crippen LogP contribution >= 0.6 is 8.30 Å². The Morgan fingerprint density at radius 2 is 1.78 bits per heavy atom. The third-order valence-corrected chi connectivity index (χ3v) is 5.31. The molecule has 0 bridgehead atoms. The first-order chi connectivity index (χ1) is 8.54. The summed E-state index contributed by atoms with van der Waals surface area (Å²) in [5.74, 6) is 0. The van der Waals surface area contributed by atoms with E-state index in [0.29, 0.717) is 18.5 Å². The van der Waals surface area contributed by atoms with Gasteiger partial charge in [0.2, 0.25) is 0 Å². The Labute approximate surface area is 114 Å². The van der Waals surface area contributed by atoms with E-state index in [-0.39, 0.29) is 0 Å². The fraction of sp³-hybridized carbons (Fsp3) is 0.929. The standard InChI is InChI=1S/C14H29N2OP/c1-6-7-11-17-18(12-9-8-10-15)16(13(2)3)14(4)5/h13-14H,6-9,11-12H2,1-5H3. The van der Waals surface area contributed by atoms with Crippen molar-refractivity contribution >= 4 is 8.30 Å². The normalized spacial score (nSPS) is 13.3. The van der Waals surface area contributed by atoms with Gasteiger partial charge in [0, 0.05) is 24.7 Å². The summed E-state index contributed by atoms with van der Waals surface area (Å²) in [6.07, 6.45) is 4.90. The second-order valence-corrected chi connectivity index (χ2v) is 6.96. The van der Waals surface area contributed by atoms with Gasteiger partial charge in [-0.15, -0.1) is 0 Å². The molecule has 0 saturated carbocycles. The van der Waals surface area contributed by atoms with Gasteiger partial charge in [-0.25, -0.2) is 0 Å². The highest BCUT2D eigenvalue weighted by Gasteiger charge is 2.24. The highest BCUT2D eigenvalue weighted by molar-refractivity contribution is 7.50. The molecule has 1 atom stereocenters. The molecule has 1 unspecified atom stereocenters. The summed E-state index contributed by atoms with van der Waals surface area (Å²) in [6.45, 7) is 11.9. The number of hydrogen-bond donors (Lipinski definition) is 0. The van der Waals surface area contributed by atoms with E-state index in [2.05, 4.69) is 45.4 Å². The van der Waals surface area contributed by atoms with Gasteiger partial charge in [0.05, 0.1) is 12.7 Å². The fourth-order valence-corrected chi connectivity index (χ4v) is 4.26. The first kappa shape index (κ1) is 17.8. The number of nitrogens with zero attached hydrogens (tertiary/aromatic N) is 2. The lowest BCUT2D eigenvalue weighted by atomic mass is 10.3. The molecule has 0 fully saturated rings. The van der Waals surface area contributed by atoms with Crippen LogP contribution in [0.5, 0.6) is 0 Å². The number of rotatable bonds is 10. The third-order valence-electron chi connectivity index (χ3n) is 2.69. The second-order valence-electron chi connectivity index (χ2n) is 5.09. The summed E-state index contributed by atoms with van der Waals surface area (Å²) in [7, 11) is -0.544. The van der Waals surface area contributed by atoms with E-state index in [9.17, 15) is 0 Å². The van der Waals surface area contributed by atoms with Crippen molar-refractivity contribution in [2.45, 2.75) is 72.4 Å². The average molecular weight is 272 g/mol. The predicted molar refractivity (Wildman–Crippen MR) is 79.6 cm³/mol. The van der Waals surface area contributed by atoms with Gasteiger partial charge in [0.15, 0.2) is 0 Å². The first-order valence-corrected chi connectivity index (χ1v) is 8.50. The molecule has 0 N–H and O–H groups in total. The maximum absolute atomic E-state index is 8.65. The minimum Gasteiger partial charge on any atom is -0.344 e. The van der Waals surface area contributed by atoms with Crippen LogP contribution in [0.4, 0.5) is 0 Å². The van der Waals surface area contributed by atoms with Crippen molar-refractivity contribution in [3.63, 3.8) is 0 Å². The first-order valence-electron chi connectivity index (χ1n) is 7.10. The fourth-order valence-electron chi connectivity index (χ4n) is 1.97. The van der Waals surface area contributed by atoms with Gasteiger partial charge in [-0.1, -0.05) is 13.3 Å². The predicted octanol–water partition coefficient (Wildman–Crippen LogP) is 4.54. The lowest BCUT2D eigenvalue weighted by Gasteiger charge is -2.37. The van der Waals surface area contributed by atoms with Crippen LogP contribution in [-0.4, -0.2) is 29.5 Å². The van der Waals surface area contributed by atoms with Crippen molar-refractivity contribution in [1.82, 2.24) is 4.67 Å². The minimum atomic E-state index is -0.544. The van der Waals surface area contributed by atoms with Gasteiger partial charge in [0.25, 0.3) is 0 Å². The molecule has 106 valence electrons. The van der Waals surface area contributed by atoms with E-state index in [4.69, 9.17) is 9.79 Å². The smallest absolute Gasteiger partial charge is 0.104 e. The highest BCUT2D eigenvalue weighted by Crippen LogP contribution is 2.45. The van der Waals surface area contributed by atoms with Crippen molar-refractivity contribution in [2.24, 2.45) is 0 Å². The zero-order valence-electron chi connectivity index (χ0n) is 12.6. The molecule has 4 heteroatoms. The molecule has 0 amide bonds. The van der Waals surface area contributed by atoms with Crippen LogP contribution < -0.4 is 0 Å². The summed E-state index contributed by atoms with van der Waals surface area (Å²) >= 11 is 0. The van der Waals surface area contributed by atoms with Crippen molar-refractivity contribution in [3.05, 3.63) is 0 Å². The molecule has 0 heterocycles. The van der Waals surface area contributed by atoms with Crippen molar-refractivity contribution in [3.8, 4) is 6.07 Å². The Balaban J connectivity index is 4.44. The minimum absolute atomic E-state index is 0.500. The molecule has 3 nitrogen and oxygen atoms in total. The number of unbranched alkanes of at least 4 members (excludes halogenated alkanes) is 2. The number of hydrogen-bond acceptors (Lipinski definition) is 3. The zero-order chi connectivity index (χ0) is 14.0. The number of nitriles is 1. The SMILES string of the molecule is CCCCOP(CCCC#N)N(C(C)C)C(C)C. The topological polar surface area (TPSA) is 36.3 Å². The second kappa shape index (κ2) is 10.7. The quantitative estimate of drug-likeness (QED) is 0.433. The monoisotopic (exact) mass is 272 g/mol. The molecule has 0 aliphatic heterocycles. The average Bonchev–Trinajstić information content (AvgIpc) is 2.28. The van der Waals surface area contributed by atoms with Crippen LogP contribution in [0.25, 0.3) is 0 Å². The Kier molecular flexibility index (Phi) is 10.6. The maximum atomic E-state index is 8.65. The van der Waals surface area contributed by atoms with Crippen molar-refractivity contribution < 1.29 is 4.52 Å². The third kappa shape index (κ3) is 7.31. The highest BCUT2D eigenvalue weighted by atomic mass is 31.2. The Hall–Kier alpha value is -0.160. The summed E-state index contributed by atoms with van der Waals surface area (Å²) in [5.41, 5.74) is 0. The van der Waals surface area contributed by atoms with E-state index in [1.54, 1.807) is 0 Å². The molecule has 0 aliphatic rings. The van der Waals surface area contributed by atoms with Crippen LogP contribution in [0.2, 0.25) is 0 Å². The van der Waals surface area contributed by atoms with Gasteiger partial charge in [-0.2, -0.15) is 5.26 Å². The summed E-state index contributed by atoms with van der Waals surface area (Å²) < 4.78 is 8.57. The van der Waals surface area contributed by atoms with Crippen LogP contribution in [0.15, 0.2) is 0 Å². The van der Waals surface area contributed by atoms with E-state index >= 15 is 0 Å². The molecule has 0 aromatic heterocycles. The zero-order valence-corrected chi connectivity index (χ0v) is 13.5. The Bertz CT molecular complexity index is 230. The Morgan fingerprint density at radius 3 is 2.22 bits per heavy atom. The molecule has 0 aromatic carbocycles. The van der Waals surface area contributed by atoms with E-state index in [1.807, 2.05) is 0 Å². The van der Waals surface area contributed by atoms with Gasteiger partial charge in [-0.05, 0) is 40.5 Å². The lowest BCUT2D eigenvalue weighted by molar-refractivity contribution is 0.250. The maximum Gasteiger partial charge on any atom is 0.104 e. The molecule has 18 heavy (non-hydrogen) atoms. The molecule has 0 rings (SSSR count). The van der Waals surface area contributed by atoms with Crippen LogP contribution in [0.1, 0.15) is 60.3 Å². The van der Waals surface area contributed by atoms with Crippen LogP contribution in [0, 0.1) is 11.3 Å². The van der Waals surface area contributed by atoms with Crippen molar-refractivity contribution in [1.29, 1.82) is 5.26 Å². The molecular formula is C14H29N2OP. The summed E-state index contributed by atoms with van der Waals surface area (Å²) in [4.78, 5) is 0. The van der Waals surface area contributed by atoms with Crippen molar-refractivity contribution in [2.75, 3.05) is 12.8 Å². The lowest BCUT2D eigenvalue weighted by Crippen LogP contribution is -2.33. The van der Waals surface area contributed by atoms with E-state index in [1.165, 1.54) is 6.42 Å². The molecule has 0 spiro atoms. The Morgan fingerprint density at radius 1 is 1.17 bits per heavy atom. The molecule has 0 radical (unpaired) electrons. The largest absolute Gasteiger partial charge is 0.344 e. The van der Waals surface area contributed by atoms with Crippen LogP contribution in [-0.2, 0) is 4.52 Å². The molecular weight excluding hydrogens is 243 g/mol. The van der Waals surface area contributed by atoms with Gasteiger partial charge >= 0.3 is 0 Å². The summed E-state index contributed by atoms with van der Waals surface area (Å²) in [5, 5.41) is 8.65. The van der Waals surface area contributed by atoms with Gasteiger partial charge < -0.3 is 4.52 Å². The van der Waals surface area contributed by atoms with Gasteiger partial charge in [0.1, 0.15) is 8.30 Å². The molecule has 0 saturated heterocycles. The van der Waals surface area contributed by atoms with E-state index in [0.717, 1.165) is 25.6 Å². The van der Waals surface area contributed by atoms with Gasteiger partial charge in [-0.3, -0.25) is 4.67 Å². The van der Waals surface area contributed by atoms with E-state index < -0.39 is 8.30 Å². The van der Waals surface area contributed by atoms with Crippen LogP contribution in [0.3, 0.4) is 0 Å². The molecule has 0 aliphatic carbocycles. The summed E-state index contributed by atoms with van der Waals surface area (Å²) in [6, 6.07) is 3.22.